The van der Waals surface area contributed by atoms with E-state index in [1.807, 2.05) is 20.8 Å². The molecule has 1 aromatic rings. The average Bonchev–Trinajstić information content (AvgIpc) is 2.80. The van der Waals surface area contributed by atoms with Crippen molar-refractivity contribution in [3.63, 3.8) is 0 Å². The normalized spacial score (nSPS) is 23.4. The second-order valence-corrected chi connectivity index (χ2v) is 6.36. The van der Waals surface area contributed by atoms with Gasteiger partial charge in [-0.25, -0.2) is 9.48 Å². The van der Waals surface area contributed by atoms with Crippen molar-refractivity contribution in [3.05, 3.63) is 12.3 Å². The highest BCUT2D eigenvalue weighted by molar-refractivity contribution is 5.88. The van der Waals surface area contributed by atoms with E-state index in [0.717, 1.165) is 25.7 Å². The van der Waals surface area contributed by atoms with Crippen LogP contribution in [0, 0.1) is 0 Å². The summed E-state index contributed by atoms with van der Waals surface area (Å²) < 4.78 is 1.77. The summed E-state index contributed by atoms with van der Waals surface area (Å²) in [5, 5.41) is 19.7. The molecule has 2 rings (SSSR count). The van der Waals surface area contributed by atoms with Crippen molar-refractivity contribution in [2.24, 2.45) is 0 Å². The number of anilines is 1. The number of hydrogen-bond donors (Lipinski definition) is 3. The molecule has 0 unspecified atom stereocenters. The first-order valence-corrected chi connectivity index (χ1v) is 7.18. The molecule has 1 heterocycles. The van der Waals surface area contributed by atoms with E-state index in [-0.39, 0.29) is 17.6 Å². The Balaban J connectivity index is 1.96. The summed E-state index contributed by atoms with van der Waals surface area (Å²) in [4.78, 5) is 12.0. The van der Waals surface area contributed by atoms with Crippen LogP contribution in [0.3, 0.4) is 0 Å². The van der Waals surface area contributed by atoms with Gasteiger partial charge in [0.05, 0.1) is 23.9 Å². The first-order chi connectivity index (χ1) is 9.38. The third kappa shape index (κ3) is 3.50. The first-order valence-electron chi connectivity index (χ1n) is 7.18. The standard InChI is InChI=1S/C14H24N4O2/c1-14(2,3)18-12(8-9-15-18)17-13(20)16-10-6-4-5-7-11(10)19/h8-11,19H,4-7H2,1-3H3,(H2,16,17,20)/t10-,11+/m0/s1. The fraction of sp³-hybridized carbons (Fsp3) is 0.714. The number of nitrogens with zero attached hydrogens (tertiary/aromatic N) is 2. The molecule has 1 fully saturated rings. The van der Waals surface area contributed by atoms with Crippen LogP contribution in [0.2, 0.25) is 0 Å². The van der Waals surface area contributed by atoms with Crippen LogP contribution in [0.15, 0.2) is 12.3 Å². The second-order valence-electron chi connectivity index (χ2n) is 6.36. The van der Waals surface area contributed by atoms with Gasteiger partial charge in [0.15, 0.2) is 0 Å². The number of carbonyl (C=O) groups excluding carboxylic acids is 1. The SMILES string of the molecule is CC(C)(C)n1nccc1NC(=O)N[C@H]1CCCC[C@H]1O. The lowest BCUT2D eigenvalue weighted by Gasteiger charge is -2.28. The second kappa shape index (κ2) is 5.83. The molecule has 1 aromatic heterocycles. The number of aliphatic hydroxyl groups excluding tert-OH is 1. The number of carbonyl (C=O) groups is 1. The summed E-state index contributed by atoms with van der Waals surface area (Å²) in [6.45, 7) is 6.07. The number of nitrogens with one attached hydrogen (secondary N) is 2. The van der Waals surface area contributed by atoms with Crippen LogP contribution < -0.4 is 10.6 Å². The summed E-state index contributed by atoms with van der Waals surface area (Å²) in [5.41, 5.74) is -0.198. The molecule has 6 heteroatoms. The molecular formula is C14H24N4O2. The van der Waals surface area contributed by atoms with E-state index >= 15 is 0 Å². The molecule has 20 heavy (non-hydrogen) atoms. The zero-order valence-corrected chi connectivity index (χ0v) is 12.4. The largest absolute Gasteiger partial charge is 0.391 e. The smallest absolute Gasteiger partial charge is 0.320 e. The van der Waals surface area contributed by atoms with Crippen molar-refractivity contribution in [1.29, 1.82) is 0 Å². The van der Waals surface area contributed by atoms with Crippen molar-refractivity contribution in [2.75, 3.05) is 5.32 Å². The fourth-order valence-electron chi connectivity index (χ4n) is 2.53. The Labute approximate surface area is 119 Å². The minimum Gasteiger partial charge on any atom is -0.391 e. The summed E-state index contributed by atoms with van der Waals surface area (Å²) in [7, 11) is 0. The molecule has 0 saturated heterocycles. The van der Waals surface area contributed by atoms with Crippen LogP contribution >= 0.6 is 0 Å². The minimum absolute atomic E-state index is 0.158. The van der Waals surface area contributed by atoms with Crippen LogP contribution in [-0.2, 0) is 5.54 Å². The maximum atomic E-state index is 12.0. The molecule has 112 valence electrons. The summed E-state index contributed by atoms with van der Waals surface area (Å²) in [6, 6.07) is 1.32. The van der Waals surface area contributed by atoms with Crippen LogP contribution in [0.25, 0.3) is 0 Å². The predicted octanol–water partition coefficient (Wildman–Crippen LogP) is 2.06. The molecule has 6 nitrogen and oxygen atoms in total. The number of hydrogen-bond acceptors (Lipinski definition) is 3. The molecule has 2 amide bonds. The molecule has 1 aliphatic rings. The number of rotatable bonds is 2. The summed E-state index contributed by atoms with van der Waals surface area (Å²) in [5.74, 6) is 0.653. The van der Waals surface area contributed by atoms with Crippen molar-refractivity contribution in [3.8, 4) is 0 Å². The van der Waals surface area contributed by atoms with Crippen LogP contribution in [0.1, 0.15) is 46.5 Å². The molecular weight excluding hydrogens is 256 g/mol. The third-order valence-electron chi connectivity index (χ3n) is 3.57. The lowest BCUT2D eigenvalue weighted by Crippen LogP contribution is -2.47. The van der Waals surface area contributed by atoms with E-state index in [9.17, 15) is 9.90 Å². The van der Waals surface area contributed by atoms with Gasteiger partial charge in [0, 0.05) is 6.07 Å². The Bertz CT molecular complexity index is 464. The quantitative estimate of drug-likeness (QED) is 0.776. The molecule has 1 saturated carbocycles. The van der Waals surface area contributed by atoms with E-state index in [0.29, 0.717) is 5.82 Å². The van der Waals surface area contributed by atoms with E-state index in [4.69, 9.17) is 0 Å². The number of aromatic nitrogens is 2. The Hall–Kier alpha value is -1.56. The predicted molar refractivity (Wildman–Crippen MR) is 77.6 cm³/mol. The average molecular weight is 280 g/mol. The number of amides is 2. The Morgan fingerprint density at radius 2 is 2.10 bits per heavy atom. The van der Waals surface area contributed by atoms with Crippen molar-refractivity contribution in [2.45, 2.75) is 64.1 Å². The molecule has 2 atom stereocenters. The van der Waals surface area contributed by atoms with Crippen molar-refractivity contribution < 1.29 is 9.90 Å². The molecule has 0 aliphatic heterocycles. The van der Waals surface area contributed by atoms with Gasteiger partial charge >= 0.3 is 6.03 Å². The Morgan fingerprint density at radius 1 is 1.40 bits per heavy atom. The van der Waals surface area contributed by atoms with E-state index in [1.165, 1.54) is 0 Å². The zero-order chi connectivity index (χ0) is 14.8. The Kier molecular flexibility index (Phi) is 4.32. The van der Waals surface area contributed by atoms with Gasteiger partial charge in [0.25, 0.3) is 0 Å². The Morgan fingerprint density at radius 3 is 2.75 bits per heavy atom. The van der Waals surface area contributed by atoms with E-state index < -0.39 is 6.10 Å². The van der Waals surface area contributed by atoms with Gasteiger partial charge in [-0.3, -0.25) is 5.32 Å². The number of urea groups is 1. The first kappa shape index (κ1) is 14.8. The summed E-state index contributed by atoms with van der Waals surface area (Å²) >= 11 is 0. The summed E-state index contributed by atoms with van der Waals surface area (Å²) in [6.07, 6.45) is 4.87. The molecule has 0 spiro atoms. The maximum absolute atomic E-state index is 12.0. The van der Waals surface area contributed by atoms with Crippen LogP contribution in [0.4, 0.5) is 10.6 Å². The topological polar surface area (TPSA) is 79.2 Å². The van der Waals surface area contributed by atoms with Gasteiger partial charge in [-0.05, 0) is 33.6 Å². The van der Waals surface area contributed by atoms with Crippen molar-refractivity contribution in [1.82, 2.24) is 15.1 Å². The maximum Gasteiger partial charge on any atom is 0.320 e. The highest BCUT2D eigenvalue weighted by Crippen LogP contribution is 2.20. The van der Waals surface area contributed by atoms with Gasteiger partial charge in [-0.1, -0.05) is 12.8 Å². The molecule has 0 radical (unpaired) electrons. The fourth-order valence-corrected chi connectivity index (χ4v) is 2.53. The highest BCUT2D eigenvalue weighted by atomic mass is 16.3. The molecule has 0 bridgehead atoms. The van der Waals surface area contributed by atoms with Gasteiger partial charge in [-0.15, -0.1) is 0 Å². The van der Waals surface area contributed by atoms with Gasteiger partial charge in [-0.2, -0.15) is 5.10 Å². The molecule has 1 aliphatic carbocycles. The van der Waals surface area contributed by atoms with E-state index in [1.54, 1.807) is 16.9 Å². The van der Waals surface area contributed by atoms with Crippen LogP contribution in [0.5, 0.6) is 0 Å². The lowest BCUT2D eigenvalue weighted by atomic mass is 9.93. The molecule has 3 N–H and O–H groups in total. The van der Waals surface area contributed by atoms with Gasteiger partial charge in [0.2, 0.25) is 0 Å². The zero-order valence-electron chi connectivity index (χ0n) is 12.4. The lowest BCUT2D eigenvalue weighted by molar-refractivity contribution is 0.0955. The molecule has 0 aromatic carbocycles. The van der Waals surface area contributed by atoms with Gasteiger partial charge < -0.3 is 10.4 Å². The van der Waals surface area contributed by atoms with Crippen LogP contribution in [-0.4, -0.2) is 33.1 Å². The van der Waals surface area contributed by atoms with Crippen molar-refractivity contribution >= 4 is 11.8 Å². The van der Waals surface area contributed by atoms with E-state index in [2.05, 4.69) is 15.7 Å². The third-order valence-corrected chi connectivity index (χ3v) is 3.57. The van der Waals surface area contributed by atoms with Gasteiger partial charge in [0.1, 0.15) is 5.82 Å². The monoisotopic (exact) mass is 280 g/mol. The number of aliphatic hydroxyl groups is 1. The highest BCUT2D eigenvalue weighted by Gasteiger charge is 2.25. The minimum atomic E-state index is -0.443.